The maximum absolute atomic E-state index is 5.92. The van der Waals surface area contributed by atoms with Gasteiger partial charge in [-0.05, 0) is 12.1 Å². The molecule has 2 heterocycles. The van der Waals surface area contributed by atoms with Crippen molar-refractivity contribution in [2.45, 2.75) is 13.0 Å². The Morgan fingerprint density at radius 3 is 2.75 bits per heavy atom. The van der Waals surface area contributed by atoms with E-state index >= 15 is 0 Å². The smallest absolute Gasteiger partial charge is 0.111 e. The lowest BCUT2D eigenvalue weighted by Crippen LogP contribution is -2.35. The fourth-order valence-electron chi connectivity index (χ4n) is 2.72. The number of thioether (sulfide) groups is 1. The summed E-state index contributed by atoms with van der Waals surface area (Å²) >= 11 is 7.98. The molecule has 1 aliphatic heterocycles. The topological polar surface area (TPSA) is 21.1 Å². The van der Waals surface area contributed by atoms with Gasteiger partial charge in [-0.15, -0.1) is 11.6 Å². The van der Waals surface area contributed by atoms with Crippen LogP contribution in [-0.2, 0) is 13.0 Å². The Hall–Kier alpha value is -0.710. The van der Waals surface area contributed by atoms with Crippen molar-refractivity contribution in [3.05, 3.63) is 30.1 Å². The number of fused-ring (bicyclic) bond motifs is 1. The predicted molar refractivity (Wildman–Crippen MR) is 87.9 cm³/mol. The van der Waals surface area contributed by atoms with Crippen LogP contribution in [0, 0.1) is 0 Å². The second-order valence-corrected chi connectivity index (χ2v) is 6.66. The maximum Gasteiger partial charge on any atom is 0.111 e. The molecule has 1 fully saturated rings. The van der Waals surface area contributed by atoms with Crippen molar-refractivity contribution in [3.8, 4) is 0 Å². The highest BCUT2D eigenvalue weighted by molar-refractivity contribution is 7.99. The van der Waals surface area contributed by atoms with Gasteiger partial charge in [0.05, 0.1) is 11.0 Å². The zero-order valence-electron chi connectivity index (χ0n) is 11.6. The highest BCUT2D eigenvalue weighted by atomic mass is 35.5. The number of benzene rings is 1. The Labute approximate surface area is 129 Å². The Balaban J connectivity index is 1.79. The Bertz CT molecular complexity index is 563. The molecule has 0 saturated carbocycles. The molecule has 5 heteroatoms. The first-order chi connectivity index (χ1) is 9.88. The molecule has 1 aromatic heterocycles. The van der Waals surface area contributed by atoms with Crippen LogP contribution in [0.5, 0.6) is 0 Å². The summed E-state index contributed by atoms with van der Waals surface area (Å²) < 4.78 is 2.35. The van der Waals surface area contributed by atoms with Crippen LogP contribution in [0.4, 0.5) is 0 Å². The number of halogens is 1. The number of hydrogen-bond donors (Lipinski definition) is 0. The van der Waals surface area contributed by atoms with Crippen LogP contribution >= 0.6 is 23.4 Å². The van der Waals surface area contributed by atoms with Gasteiger partial charge in [0.2, 0.25) is 0 Å². The molecule has 1 aromatic carbocycles. The minimum atomic E-state index is 0.629. The lowest BCUT2D eigenvalue weighted by molar-refractivity contribution is 0.289. The maximum atomic E-state index is 5.92. The molecule has 20 heavy (non-hydrogen) atoms. The Morgan fingerprint density at radius 1 is 1.15 bits per heavy atom. The largest absolute Gasteiger partial charge is 0.327 e. The zero-order valence-corrected chi connectivity index (χ0v) is 13.2. The summed E-state index contributed by atoms with van der Waals surface area (Å²) in [4.78, 5) is 7.27. The predicted octanol–water partition coefficient (Wildman–Crippen LogP) is 2.87. The van der Waals surface area contributed by atoms with E-state index in [1.807, 2.05) is 6.07 Å². The third kappa shape index (κ3) is 3.13. The molecular formula is C15H20ClN3S. The number of aryl methyl sites for hydroxylation is 1. The molecule has 1 aliphatic rings. The van der Waals surface area contributed by atoms with E-state index in [4.69, 9.17) is 16.6 Å². The summed E-state index contributed by atoms with van der Waals surface area (Å²) in [7, 11) is 0. The van der Waals surface area contributed by atoms with Crippen molar-refractivity contribution in [2.75, 3.05) is 37.0 Å². The van der Waals surface area contributed by atoms with Crippen molar-refractivity contribution in [3.63, 3.8) is 0 Å². The van der Waals surface area contributed by atoms with E-state index in [0.717, 1.165) is 30.9 Å². The SMILES string of the molecule is ClCCc1nc2ccccc2n1CCN1CCSCC1. The van der Waals surface area contributed by atoms with Gasteiger partial charge in [-0.1, -0.05) is 12.1 Å². The summed E-state index contributed by atoms with van der Waals surface area (Å²) in [6.45, 7) is 4.54. The molecule has 0 unspecified atom stereocenters. The molecule has 0 spiro atoms. The number of nitrogens with zero attached hydrogens (tertiary/aromatic N) is 3. The summed E-state index contributed by atoms with van der Waals surface area (Å²) in [6.07, 6.45) is 0.839. The molecule has 3 nitrogen and oxygen atoms in total. The van der Waals surface area contributed by atoms with E-state index in [1.54, 1.807) is 0 Å². The highest BCUT2D eigenvalue weighted by Gasteiger charge is 2.13. The third-order valence-electron chi connectivity index (χ3n) is 3.80. The van der Waals surface area contributed by atoms with Gasteiger partial charge in [0.1, 0.15) is 5.82 Å². The van der Waals surface area contributed by atoms with Gasteiger partial charge in [-0.3, -0.25) is 4.90 Å². The molecule has 0 bridgehead atoms. The van der Waals surface area contributed by atoms with Gasteiger partial charge in [0.15, 0.2) is 0 Å². The van der Waals surface area contributed by atoms with Crippen molar-refractivity contribution in [1.29, 1.82) is 0 Å². The molecular weight excluding hydrogens is 290 g/mol. The number of alkyl halides is 1. The standard InChI is InChI=1S/C15H20ClN3S/c16-6-5-15-17-13-3-1-2-4-14(13)19(15)8-7-18-9-11-20-12-10-18/h1-4H,5-12H2. The first-order valence-electron chi connectivity index (χ1n) is 7.18. The molecule has 1 saturated heterocycles. The van der Waals surface area contributed by atoms with Gasteiger partial charge in [0, 0.05) is 50.0 Å². The molecule has 0 N–H and O–H groups in total. The number of imidazole rings is 1. The fraction of sp³-hybridized carbons (Fsp3) is 0.533. The van der Waals surface area contributed by atoms with E-state index in [1.165, 1.54) is 30.1 Å². The molecule has 0 amide bonds. The summed E-state index contributed by atoms with van der Waals surface area (Å²) in [5.41, 5.74) is 2.32. The number of para-hydroxylation sites is 2. The van der Waals surface area contributed by atoms with E-state index in [9.17, 15) is 0 Å². The van der Waals surface area contributed by atoms with Crippen LogP contribution in [0.15, 0.2) is 24.3 Å². The minimum Gasteiger partial charge on any atom is -0.327 e. The minimum absolute atomic E-state index is 0.629. The van der Waals surface area contributed by atoms with Crippen LogP contribution in [0.25, 0.3) is 11.0 Å². The van der Waals surface area contributed by atoms with Gasteiger partial charge < -0.3 is 4.57 Å². The van der Waals surface area contributed by atoms with Crippen molar-refractivity contribution < 1.29 is 0 Å². The van der Waals surface area contributed by atoms with Gasteiger partial charge in [-0.2, -0.15) is 11.8 Å². The van der Waals surface area contributed by atoms with Crippen LogP contribution in [0.3, 0.4) is 0 Å². The first kappa shape index (κ1) is 14.2. The second kappa shape index (κ2) is 6.83. The van der Waals surface area contributed by atoms with Crippen molar-refractivity contribution in [2.24, 2.45) is 0 Å². The van der Waals surface area contributed by atoms with Gasteiger partial charge in [-0.25, -0.2) is 4.98 Å². The van der Waals surface area contributed by atoms with Crippen LogP contribution < -0.4 is 0 Å². The molecule has 0 aliphatic carbocycles. The Morgan fingerprint density at radius 2 is 1.95 bits per heavy atom. The quantitative estimate of drug-likeness (QED) is 0.793. The first-order valence-corrected chi connectivity index (χ1v) is 8.87. The van der Waals surface area contributed by atoms with E-state index in [2.05, 4.69) is 39.4 Å². The summed E-state index contributed by atoms with van der Waals surface area (Å²) in [5.74, 6) is 4.27. The lowest BCUT2D eigenvalue weighted by Gasteiger charge is -2.26. The van der Waals surface area contributed by atoms with Crippen LogP contribution in [0.1, 0.15) is 5.82 Å². The lowest BCUT2D eigenvalue weighted by atomic mass is 10.3. The zero-order chi connectivity index (χ0) is 13.8. The number of rotatable bonds is 5. The van der Waals surface area contributed by atoms with Gasteiger partial charge >= 0.3 is 0 Å². The molecule has 0 atom stereocenters. The van der Waals surface area contributed by atoms with E-state index in [0.29, 0.717) is 5.88 Å². The normalized spacial score (nSPS) is 16.9. The number of aromatic nitrogens is 2. The second-order valence-electron chi connectivity index (χ2n) is 5.06. The average Bonchev–Trinajstić information content (AvgIpc) is 2.84. The molecule has 2 aromatic rings. The van der Waals surface area contributed by atoms with Crippen LogP contribution in [0.2, 0.25) is 0 Å². The average molecular weight is 310 g/mol. The van der Waals surface area contributed by atoms with Crippen molar-refractivity contribution in [1.82, 2.24) is 14.5 Å². The summed E-state index contributed by atoms with van der Waals surface area (Å²) in [5, 5.41) is 0. The van der Waals surface area contributed by atoms with Crippen molar-refractivity contribution >= 4 is 34.4 Å². The molecule has 3 rings (SSSR count). The fourth-order valence-corrected chi connectivity index (χ4v) is 3.86. The van der Waals surface area contributed by atoms with E-state index in [-0.39, 0.29) is 0 Å². The monoisotopic (exact) mass is 309 g/mol. The third-order valence-corrected chi connectivity index (χ3v) is 4.93. The van der Waals surface area contributed by atoms with E-state index < -0.39 is 0 Å². The van der Waals surface area contributed by atoms with Crippen LogP contribution in [-0.4, -0.2) is 51.5 Å². The number of hydrogen-bond acceptors (Lipinski definition) is 3. The Kier molecular flexibility index (Phi) is 4.86. The molecule has 108 valence electrons. The highest BCUT2D eigenvalue weighted by Crippen LogP contribution is 2.17. The molecule has 0 radical (unpaired) electrons. The summed E-state index contributed by atoms with van der Waals surface area (Å²) in [6, 6.07) is 8.38. The van der Waals surface area contributed by atoms with Gasteiger partial charge in [0.25, 0.3) is 0 Å².